The van der Waals surface area contributed by atoms with E-state index in [1.165, 1.54) is 23.1 Å². The molecule has 0 aliphatic carbocycles. The molecule has 1 saturated heterocycles. The molecule has 3 aliphatic rings. The second-order valence-corrected chi connectivity index (χ2v) is 11.0. The molecule has 0 radical (unpaired) electrons. The van der Waals surface area contributed by atoms with E-state index in [-0.39, 0.29) is 5.91 Å². The molecule has 0 spiro atoms. The van der Waals surface area contributed by atoms with E-state index in [0.29, 0.717) is 37.6 Å². The predicted octanol–water partition coefficient (Wildman–Crippen LogP) is 3.42. The van der Waals surface area contributed by atoms with Gasteiger partial charge in [-0.15, -0.1) is 0 Å². The number of carbonyl (C=O) groups is 1. The third-order valence-electron chi connectivity index (χ3n) is 7.64. The van der Waals surface area contributed by atoms with Gasteiger partial charge < -0.3 is 14.7 Å². The Morgan fingerprint density at radius 3 is 2.57 bits per heavy atom. The molecule has 2 aromatic carbocycles. The monoisotopic (exact) mass is 477 g/mol. The SMILES string of the molecule is CC1CC(C)CN(Cc2ccc3c(c2)OCCN(C[C@H](O)CN2CCc4ccccc4C2)C3=O)C1. The number of hydrogen-bond acceptors (Lipinski definition) is 5. The van der Waals surface area contributed by atoms with Crippen LogP contribution in [0.1, 0.15) is 47.3 Å². The summed E-state index contributed by atoms with van der Waals surface area (Å²) >= 11 is 0. The molecular weight excluding hydrogens is 438 g/mol. The van der Waals surface area contributed by atoms with E-state index in [2.05, 4.69) is 54.0 Å². The number of hydrogen-bond donors (Lipinski definition) is 1. The minimum atomic E-state index is -0.590. The standard InChI is InChI=1S/C29H39N3O3/c1-21-13-22(2)16-31(15-21)17-23-7-8-27-28(14-23)35-12-11-32(29(27)34)20-26(33)19-30-10-9-24-5-3-4-6-25(24)18-30/h3-8,14,21-22,26,33H,9-13,15-20H2,1-2H3/t21?,22?,26-/m1/s1. The van der Waals surface area contributed by atoms with Gasteiger partial charge in [-0.25, -0.2) is 0 Å². The van der Waals surface area contributed by atoms with Gasteiger partial charge >= 0.3 is 0 Å². The van der Waals surface area contributed by atoms with Crippen molar-refractivity contribution >= 4 is 5.91 Å². The summed E-state index contributed by atoms with van der Waals surface area (Å²) in [7, 11) is 0. The van der Waals surface area contributed by atoms with Gasteiger partial charge in [0.15, 0.2) is 0 Å². The first-order valence-corrected chi connectivity index (χ1v) is 13.2. The molecule has 1 amide bonds. The first-order valence-electron chi connectivity index (χ1n) is 13.2. The summed E-state index contributed by atoms with van der Waals surface area (Å²) in [6.45, 7) is 11.4. The summed E-state index contributed by atoms with van der Waals surface area (Å²) in [5.74, 6) is 2.07. The maximum Gasteiger partial charge on any atom is 0.257 e. The maximum atomic E-state index is 13.3. The highest BCUT2D eigenvalue weighted by atomic mass is 16.5. The summed E-state index contributed by atoms with van der Waals surface area (Å²) in [4.78, 5) is 19.9. The van der Waals surface area contributed by atoms with Crippen molar-refractivity contribution in [3.63, 3.8) is 0 Å². The number of nitrogens with zero attached hydrogens (tertiary/aromatic N) is 3. The first kappa shape index (κ1) is 24.3. The highest BCUT2D eigenvalue weighted by molar-refractivity contribution is 5.97. The van der Waals surface area contributed by atoms with Crippen molar-refractivity contribution in [1.29, 1.82) is 0 Å². The number of aliphatic hydroxyl groups is 1. The highest BCUT2D eigenvalue weighted by Crippen LogP contribution is 2.28. The van der Waals surface area contributed by atoms with Crippen LogP contribution in [-0.2, 0) is 19.5 Å². The van der Waals surface area contributed by atoms with Crippen LogP contribution < -0.4 is 4.74 Å². The third kappa shape index (κ3) is 5.88. The van der Waals surface area contributed by atoms with Crippen molar-refractivity contribution in [2.24, 2.45) is 11.8 Å². The molecule has 2 aromatic rings. The summed E-state index contributed by atoms with van der Waals surface area (Å²) in [6, 6.07) is 14.5. The Bertz CT molecular complexity index is 1030. The van der Waals surface area contributed by atoms with Crippen molar-refractivity contribution in [3.05, 3.63) is 64.7 Å². The molecule has 2 unspecified atom stereocenters. The maximum absolute atomic E-state index is 13.3. The zero-order valence-electron chi connectivity index (χ0n) is 21.2. The van der Waals surface area contributed by atoms with Crippen molar-refractivity contribution in [3.8, 4) is 5.75 Å². The fraction of sp³-hybridized carbons (Fsp3) is 0.552. The predicted molar refractivity (Wildman–Crippen MR) is 137 cm³/mol. The Balaban J connectivity index is 1.19. The van der Waals surface area contributed by atoms with E-state index >= 15 is 0 Å². The largest absolute Gasteiger partial charge is 0.491 e. The zero-order valence-corrected chi connectivity index (χ0v) is 21.2. The van der Waals surface area contributed by atoms with Crippen LogP contribution in [0.25, 0.3) is 0 Å². The Kier molecular flexibility index (Phi) is 7.42. The Hall–Kier alpha value is -2.41. The van der Waals surface area contributed by atoms with Gasteiger partial charge in [0.2, 0.25) is 0 Å². The highest BCUT2D eigenvalue weighted by Gasteiger charge is 2.28. The number of aliphatic hydroxyl groups excluding tert-OH is 1. The van der Waals surface area contributed by atoms with Crippen LogP contribution >= 0.6 is 0 Å². The Labute approximate surface area is 209 Å². The van der Waals surface area contributed by atoms with Gasteiger partial charge in [0.25, 0.3) is 5.91 Å². The van der Waals surface area contributed by atoms with Gasteiger partial charge in [0, 0.05) is 45.8 Å². The lowest BCUT2D eigenvalue weighted by Gasteiger charge is -2.35. The number of ether oxygens (including phenoxy) is 1. The van der Waals surface area contributed by atoms with E-state index < -0.39 is 6.10 Å². The lowest BCUT2D eigenvalue weighted by atomic mass is 9.91. The van der Waals surface area contributed by atoms with Crippen LogP contribution in [-0.4, -0.2) is 77.7 Å². The molecule has 0 aromatic heterocycles. The Morgan fingerprint density at radius 2 is 1.77 bits per heavy atom. The molecular formula is C29H39N3O3. The molecule has 0 bridgehead atoms. The lowest BCUT2D eigenvalue weighted by molar-refractivity contribution is 0.0501. The number of likely N-dealkylation sites (tertiary alicyclic amines) is 1. The van der Waals surface area contributed by atoms with Gasteiger partial charge in [0.05, 0.1) is 18.2 Å². The van der Waals surface area contributed by atoms with Crippen LogP contribution in [0.2, 0.25) is 0 Å². The second kappa shape index (κ2) is 10.7. The molecule has 6 heteroatoms. The third-order valence-corrected chi connectivity index (χ3v) is 7.64. The van der Waals surface area contributed by atoms with Crippen LogP contribution in [0.3, 0.4) is 0 Å². The summed E-state index contributed by atoms with van der Waals surface area (Å²) in [5, 5.41) is 10.8. The summed E-state index contributed by atoms with van der Waals surface area (Å²) < 4.78 is 6.02. The average Bonchev–Trinajstić information content (AvgIpc) is 2.97. The van der Waals surface area contributed by atoms with E-state index in [1.54, 1.807) is 4.90 Å². The quantitative estimate of drug-likeness (QED) is 0.691. The molecule has 3 atom stereocenters. The normalized spacial score (nSPS) is 24.3. The molecule has 35 heavy (non-hydrogen) atoms. The lowest BCUT2D eigenvalue weighted by Crippen LogP contribution is -2.44. The average molecular weight is 478 g/mol. The fourth-order valence-corrected chi connectivity index (χ4v) is 6.17. The molecule has 3 heterocycles. The molecule has 1 N–H and O–H groups in total. The number of piperidine rings is 1. The minimum absolute atomic E-state index is 0.0488. The van der Waals surface area contributed by atoms with Gasteiger partial charge in [-0.2, -0.15) is 0 Å². The molecule has 1 fully saturated rings. The first-order chi connectivity index (χ1) is 16.9. The number of benzene rings is 2. The topological polar surface area (TPSA) is 56.2 Å². The van der Waals surface area contributed by atoms with Gasteiger partial charge in [-0.05, 0) is 53.5 Å². The molecule has 6 nitrogen and oxygen atoms in total. The number of amides is 1. The molecule has 5 rings (SSSR count). The second-order valence-electron chi connectivity index (χ2n) is 11.0. The minimum Gasteiger partial charge on any atom is -0.491 e. The van der Waals surface area contributed by atoms with Crippen molar-refractivity contribution in [2.75, 3.05) is 45.9 Å². The molecule has 188 valence electrons. The molecule has 0 saturated carbocycles. The fourth-order valence-electron chi connectivity index (χ4n) is 6.17. The van der Waals surface area contributed by atoms with Gasteiger partial charge in [-0.3, -0.25) is 14.6 Å². The van der Waals surface area contributed by atoms with Crippen LogP contribution in [0, 0.1) is 11.8 Å². The van der Waals surface area contributed by atoms with Crippen LogP contribution in [0.5, 0.6) is 5.75 Å². The van der Waals surface area contributed by atoms with Gasteiger partial charge in [0.1, 0.15) is 12.4 Å². The van der Waals surface area contributed by atoms with E-state index in [4.69, 9.17) is 4.74 Å². The summed E-state index contributed by atoms with van der Waals surface area (Å²) in [6.07, 6.45) is 1.71. The van der Waals surface area contributed by atoms with E-state index in [1.807, 2.05) is 12.1 Å². The van der Waals surface area contributed by atoms with Crippen LogP contribution in [0.15, 0.2) is 42.5 Å². The van der Waals surface area contributed by atoms with E-state index in [9.17, 15) is 9.90 Å². The smallest absolute Gasteiger partial charge is 0.257 e. The van der Waals surface area contributed by atoms with E-state index in [0.717, 1.165) is 51.0 Å². The van der Waals surface area contributed by atoms with Gasteiger partial charge in [-0.1, -0.05) is 44.2 Å². The molecule has 3 aliphatic heterocycles. The van der Waals surface area contributed by atoms with Crippen molar-refractivity contribution < 1.29 is 14.6 Å². The number of rotatable bonds is 6. The van der Waals surface area contributed by atoms with Crippen LogP contribution in [0.4, 0.5) is 0 Å². The number of carbonyl (C=O) groups excluding carboxylic acids is 1. The summed E-state index contributed by atoms with van der Waals surface area (Å²) in [5.41, 5.74) is 4.53. The number of fused-ring (bicyclic) bond motifs is 2. The number of β-amino-alcohol motifs (C(OH)–C–C–N with tert-alkyl or cyclic N) is 1. The Morgan fingerprint density at radius 1 is 1.00 bits per heavy atom. The zero-order chi connectivity index (χ0) is 24.4. The van der Waals surface area contributed by atoms with Crippen molar-refractivity contribution in [1.82, 2.24) is 14.7 Å². The van der Waals surface area contributed by atoms with Crippen molar-refractivity contribution in [2.45, 2.75) is 45.9 Å².